The number of carbonyl (C=O) groups excluding carboxylic acids is 1. The Bertz CT molecular complexity index is 858. The molecule has 9 heteroatoms. The van der Waals surface area contributed by atoms with Gasteiger partial charge in [0, 0.05) is 18.2 Å². The summed E-state index contributed by atoms with van der Waals surface area (Å²) < 4.78 is 28.6. The number of rotatable bonds is 3. The molecule has 7 nitrogen and oxygen atoms in total. The minimum atomic E-state index is -3.68. The van der Waals surface area contributed by atoms with Gasteiger partial charge in [-0.25, -0.2) is 0 Å². The number of nitrogens with one attached hydrogen (secondary N) is 1. The molecule has 1 amide bonds. The Morgan fingerprint density at radius 1 is 1.22 bits per heavy atom. The van der Waals surface area contributed by atoms with Crippen LogP contribution in [-0.4, -0.2) is 50.2 Å². The van der Waals surface area contributed by atoms with Crippen molar-refractivity contribution in [3.05, 3.63) is 29.8 Å². The van der Waals surface area contributed by atoms with E-state index in [0.717, 1.165) is 25.7 Å². The zero-order valence-electron chi connectivity index (χ0n) is 15.0. The number of amidine groups is 1. The average molecular weight is 413 g/mol. The van der Waals surface area contributed by atoms with Crippen molar-refractivity contribution in [2.75, 3.05) is 13.1 Å². The highest BCUT2D eigenvalue weighted by Gasteiger charge is 2.40. The summed E-state index contributed by atoms with van der Waals surface area (Å²) in [5, 5.41) is 3.15. The molecule has 2 fully saturated rings. The Hall–Kier alpha value is -1.64. The van der Waals surface area contributed by atoms with Crippen molar-refractivity contribution in [1.29, 1.82) is 0 Å². The molecule has 1 saturated carbocycles. The molecule has 2 aliphatic heterocycles. The van der Waals surface area contributed by atoms with E-state index < -0.39 is 10.0 Å². The van der Waals surface area contributed by atoms with Crippen LogP contribution in [0.3, 0.4) is 0 Å². The largest absolute Gasteiger partial charge is 0.351 e. The number of halogens is 1. The molecular weight excluding hydrogens is 388 g/mol. The van der Waals surface area contributed by atoms with Crippen molar-refractivity contribution >= 4 is 34.2 Å². The average Bonchev–Trinajstić information content (AvgIpc) is 3.33. The molecule has 0 bridgehead atoms. The lowest BCUT2D eigenvalue weighted by Gasteiger charge is -2.28. The van der Waals surface area contributed by atoms with Crippen LogP contribution in [0, 0.1) is 5.92 Å². The maximum Gasteiger partial charge on any atom is 0.285 e. The number of benzene rings is 1. The van der Waals surface area contributed by atoms with Gasteiger partial charge in [0.1, 0.15) is 10.9 Å². The number of carbonyl (C=O) groups is 1. The Morgan fingerprint density at radius 3 is 2.78 bits per heavy atom. The summed E-state index contributed by atoms with van der Waals surface area (Å²) in [4.78, 5) is 15.0. The number of sulfonamides is 1. The third kappa shape index (κ3) is 3.58. The molecule has 3 N–H and O–H groups in total. The first kappa shape index (κ1) is 20.1. The number of hydrogen-bond donors (Lipinski definition) is 2. The molecule has 3 atom stereocenters. The number of nitrogens with zero attached hydrogens (tertiary/aromatic N) is 2. The molecule has 2 heterocycles. The van der Waals surface area contributed by atoms with Crippen LogP contribution in [0.5, 0.6) is 0 Å². The molecule has 3 aliphatic rings. The Morgan fingerprint density at radius 2 is 2.00 bits per heavy atom. The third-order valence-corrected chi connectivity index (χ3v) is 7.05. The molecule has 0 spiro atoms. The first-order chi connectivity index (χ1) is 12.5. The lowest BCUT2D eigenvalue weighted by molar-refractivity contribution is -0.125. The lowest BCUT2D eigenvalue weighted by atomic mass is 10.0. The van der Waals surface area contributed by atoms with Crippen LogP contribution >= 0.6 is 12.4 Å². The van der Waals surface area contributed by atoms with Gasteiger partial charge in [-0.1, -0.05) is 18.6 Å². The summed E-state index contributed by atoms with van der Waals surface area (Å²) in [7, 11) is -3.68. The Labute approximate surface area is 165 Å². The summed E-state index contributed by atoms with van der Waals surface area (Å²) in [6, 6.07) is 6.55. The zero-order chi connectivity index (χ0) is 18.3. The number of likely N-dealkylation sites (tertiary alicyclic amines) is 1. The SMILES string of the molecule is Cl.NCC1CCCC1NC(=O)C1CCCN1C1=NS(=O)(=O)c2ccccc21. The molecule has 4 rings (SSSR count). The molecule has 1 saturated heterocycles. The fraction of sp³-hybridized carbons (Fsp3) is 0.556. The minimum Gasteiger partial charge on any atom is -0.351 e. The van der Waals surface area contributed by atoms with Crippen LogP contribution in [0.2, 0.25) is 0 Å². The maximum atomic E-state index is 12.9. The van der Waals surface area contributed by atoms with E-state index in [1.807, 2.05) is 4.90 Å². The minimum absolute atomic E-state index is 0. The van der Waals surface area contributed by atoms with Crippen molar-refractivity contribution in [2.45, 2.75) is 49.1 Å². The van der Waals surface area contributed by atoms with Gasteiger partial charge in [-0.15, -0.1) is 16.8 Å². The van der Waals surface area contributed by atoms with Gasteiger partial charge in [-0.05, 0) is 50.3 Å². The molecule has 1 aliphatic carbocycles. The van der Waals surface area contributed by atoms with Crippen molar-refractivity contribution in [3.8, 4) is 0 Å². The highest BCUT2D eigenvalue weighted by atomic mass is 35.5. The van der Waals surface area contributed by atoms with Crippen LogP contribution < -0.4 is 11.1 Å². The van der Waals surface area contributed by atoms with E-state index in [4.69, 9.17) is 5.73 Å². The number of hydrogen-bond acceptors (Lipinski definition) is 5. The van der Waals surface area contributed by atoms with Gasteiger partial charge in [-0.3, -0.25) is 4.79 Å². The van der Waals surface area contributed by atoms with Crippen LogP contribution in [-0.2, 0) is 14.8 Å². The molecule has 3 unspecified atom stereocenters. The van der Waals surface area contributed by atoms with E-state index in [2.05, 4.69) is 9.71 Å². The predicted octanol–water partition coefficient (Wildman–Crippen LogP) is 1.27. The first-order valence-electron chi connectivity index (χ1n) is 9.23. The van der Waals surface area contributed by atoms with Crippen LogP contribution in [0.15, 0.2) is 33.6 Å². The highest BCUT2D eigenvalue weighted by molar-refractivity contribution is 7.90. The van der Waals surface area contributed by atoms with Crippen molar-refractivity contribution < 1.29 is 13.2 Å². The second-order valence-electron chi connectivity index (χ2n) is 7.28. The second kappa shape index (κ2) is 7.77. The van der Waals surface area contributed by atoms with Gasteiger partial charge in [-0.2, -0.15) is 8.42 Å². The maximum absolute atomic E-state index is 12.9. The quantitative estimate of drug-likeness (QED) is 0.777. The summed E-state index contributed by atoms with van der Waals surface area (Å²) in [6.45, 7) is 1.21. The van der Waals surface area contributed by atoms with Crippen LogP contribution in [0.4, 0.5) is 0 Å². The predicted molar refractivity (Wildman–Crippen MR) is 105 cm³/mol. The van der Waals surface area contributed by atoms with Gasteiger partial charge in [0.25, 0.3) is 10.0 Å². The molecular formula is C18H25ClN4O3S. The van der Waals surface area contributed by atoms with Crippen molar-refractivity contribution in [3.63, 3.8) is 0 Å². The van der Waals surface area contributed by atoms with E-state index in [0.29, 0.717) is 36.8 Å². The Balaban J connectivity index is 0.00000210. The van der Waals surface area contributed by atoms with Gasteiger partial charge < -0.3 is 16.0 Å². The smallest absolute Gasteiger partial charge is 0.285 e. The molecule has 27 heavy (non-hydrogen) atoms. The summed E-state index contributed by atoms with van der Waals surface area (Å²) in [5.41, 5.74) is 6.41. The normalized spacial score (nSPS) is 28.4. The van der Waals surface area contributed by atoms with Crippen molar-refractivity contribution in [2.24, 2.45) is 16.0 Å². The first-order valence-corrected chi connectivity index (χ1v) is 10.7. The monoisotopic (exact) mass is 412 g/mol. The second-order valence-corrected chi connectivity index (χ2v) is 8.85. The van der Waals surface area contributed by atoms with Gasteiger partial charge in [0.05, 0.1) is 0 Å². The third-order valence-electron chi connectivity index (χ3n) is 5.73. The van der Waals surface area contributed by atoms with E-state index in [1.54, 1.807) is 24.3 Å². The van der Waals surface area contributed by atoms with E-state index >= 15 is 0 Å². The molecule has 1 aromatic rings. The number of amides is 1. The van der Waals surface area contributed by atoms with Gasteiger partial charge in [0.15, 0.2) is 5.84 Å². The summed E-state index contributed by atoms with van der Waals surface area (Å²) >= 11 is 0. The topological polar surface area (TPSA) is 105 Å². The Kier molecular flexibility index (Phi) is 5.79. The lowest BCUT2D eigenvalue weighted by Crippen LogP contribution is -2.50. The molecule has 1 aromatic carbocycles. The van der Waals surface area contributed by atoms with Gasteiger partial charge in [0.2, 0.25) is 5.91 Å². The van der Waals surface area contributed by atoms with Crippen LogP contribution in [0.1, 0.15) is 37.7 Å². The number of nitrogens with two attached hydrogens (primary N) is 1. The molecule has 148 valence electrons. The highest BCUT2D eigenvalue weighted by Crippen LogP contribution is 2.31. The van der Waals surface area contributed by atoms with E-state index in [1.165, 1.54) is 0 Å². The summed E-state index contributed by atoms with van der Waals surface area (Å²) in [6.07, 6.45) is 4.63. The van der Waals surface area contributed by atoms with Crippen molar-refractivity contribution in [1.82, 2.24) is 10.2 Å². The molecule has 0 radical (unpaired) electrons. The fourth-order valence-corrected chi connectivity index (χ4v) is 5.59. The van der Waals surface area contributed by atoms with E-state index in [9.17, 15) is 13.2 Å². The standard InChI is InChI=1S/C18H24N4O3S.ClH/c19-11-12-5-3-7-14(12)20-18(23)15-8-4-10-22(15)17-13-6-1-2-9-16(13)26(24,25)21-17;/h1-2,6,9,12,14-15H,3-5,7-8,10-11,19H2,(H,20,23);1H. The number of fused-ring (bicyclic) bond motifs is 1. The van der Waals surface area contributed by atoms with Crippen LogP contribution in [0.25, 0.3) is 0 Å². The summed E-state index contributed by atoms with van der Waals surface area (Å²) in [5.74, 6) is 0.691. The zero-order valence-corrected chi connectivity index (χ0v) is 16.6. The molecule has 0 aromatic heterocycles. The van der Waals surface area contributed by atoms with Gasteiger partial charge >= 0.3 is 0 Å². The fourth-order valence-electron chi connectivity index (χ4n) is 4.38. The van der Waals surface area contributed by atoms with E-state index in [-0.39, 0.29) is 35.3 Å².